The molecule has 0 radical (unpaired) electrons. The van der Waals surface area contributed by atoms with E-state index < -0.39 is 6.67 Å². The van der Waals surface area contributed by atoms with Crippen molar-refractivity contribution in [3.63, 3.8) is 0 Å². The Balaban J connectivity index is 2.60. The molecule has 0 N–H and O–H groups in total. The molecule has 1 aliphatic rings. The van der Waals surface area contributed by atoms with Crippen molar-refractivity contribution in [2.45, 2.75) is 38.8 Å². The first-order valence-electron chi connectivity index (χ1n) is 4.04. The lowest BCUT2D eigenvalue weighted by Crippen LogP contribution is -2.39. The number of hydrogen-bond acceptors (Lipinski definition) is 1. The predicted molar refractivity (Wildman–Crippen MR) is 41.0 cm³/mol. The van der Waals surface area contributed by atoms with Gasteiger partial charge in [0, 0.05) is 12.1 Å². The van der Waals surface area contributed by atoms with E-state index in [4.69, 9.17) is 0 Å². The molecule has 0 aromatic heterocycles. The van der Waals surface area contributed by atoms with E-state index in [1.165, 1.54) is 0 Å². The van der Waals surface area contributed by atoms with Crippen LogP contribution in [0.2, 0.25) is 0 Å². The Kier molecular flexibility index (Phi) is 2.47. The van der Waals surface area contributed by atoms with Gasteiger partial charge < -0.3 is 4.90 Å². The molecule has 1 rings (SSSR count). The third-order valence-electron chi connectivity index (χ3n) is 2.35. The monoisotopic (exact) mass is 159 g/mol. The van der Waals surface area contributed by atoms with Gasteiger partial charge in [0.1, 0.15) is 0 Å². The van der Waals surface area contributed by atoms with E-state index in [9.17, 15) is 9.18 Å². The van der Waals surface area contributed by atoms with Gasteiger partial charge in [-0.2, -0.15) is 0 Å². The Morgan fingerprint density at radius 3 is 2.27 bits per heavy atom. The fourth-order valence-corrected chi connectivity index (χ4v) is 1.76. The predicted octanol–water partition coefficient (Wildman–Crippen LogP) is 1.36. The molecule has 2 unspecified atom stereocenters. The van der Waals surface area contributed by atoms with Gasteiger partial charge in [0.05, 0.1) is 0 Å². The van der Waals surface area contributed by atoms with Gasteiger partial charge in [-0.1, -0.05) is 0 Å². The van der Waals surface area contributed by atoms with Crippen molar-refractivity contribution in [1.82, 2.24) is 4.90 Å². The normalized spacial score (nSPS) is 31.0. The number of rotatable bonds is 1. The van der Waals surface area contributed by atoms with Crippen molar-refractivity contribution in [3.05, 3.63) is 0 Å². The van der Waals surface area contributed by atoms with Crippen molar-refractivity contribution >= 4 is 5.91 Å². The van der Waals surface area contributed by atoms with E-state index in [-0.39, 0.29) is 18.0 Å². The van der Waals surface area contributed by atoms with Crippen molar-refractivity contribution in [2.75, 3.05) is 6.67 Å². The molecule has 0 saturated carbocycles. The van der Waals surface area contributed by atoms with Crippen LogP contribution in [0.3, 0.4) is 0 Å². The zero-order chi connectivity index (χ0) is 8.43. The second-order valence-electron chi connectivity index (χ2n) is 3.21. The minimum absolute atomic E-state index is 0.230. The molecule has 1 heterocycles. The fourth-order valence-electron chi connectivity index (χ4n) is 1.76. The van der Waals surface area contributed by atoms with E-state index >= 15 is 0 Å². The van der Waals surface area contributed by atoms with Crippen LogP contribution < -0.4 is 0 Å². The molecule has 0 spiro atoms. The van der Waals surface area contributed by atoms with Crippen LogP contribution in [0.25, 0.3) is 0 Å². The van der Waals surface area contributed by atoms with Crippen LogP contribution in [0.15, 0.2) is 0 Å². The largest absolute Gasteiger partial charge is 0.335 e. The summed E-state index contributed by atoms with van der Waals surface area (Å²) in [6.07, 6.45) is 2.01. The molecule has 1 saturated heterocycles. The fraction of sp³-hybridized carbons (Fsp3) is 0.875. The Hall–Kier alpha value is -0.600. The van der Waals surface area contributed by atoms with Gasteiger partial charge in [-0.15, -0.1) is 0 Å². The Morgan fingerprint density at radius 1 is 1.45 bits per heavy atom. The Morgan fingerprint density at radius 2 is 1.91 bits per heavy atom. The first kappa shape index (κ1) is 8.50. The van der Waals surface area contributed by atoms with Crippen LogP contribution >= 0.6 is 0 Å². The van der Waals surface area contributed by atoms with Crippen LogP contribution in [-0.4, -0.2) is 29.6 Å². The molecule has 0 aromatic carbocycles. The molecule has 64 valence electrons. The molecule has 1 aliphatic heterocycles. The van der Waals surface area contributed by atoms with Crippen LogP contribution in [-0.2, 0) is 4.79 Å². The average Bonchev–Trinajstić information content (AvgIpc) is 2.30. The number of likely N-dealkylation sites (tertiary alicyclic amines) is 1. The summed E-state index contributed by atoms with van der Waals surface area (Å²) in [6, 6.07) is 0.460. The van der Waals surface area contributed by atoms with Gasteiger partial charge in [-0.3, -0.25) is 4.79 Å². The Bertz CT molecular complexity index is 150. The standard InChI is InChI=1S/C8H14FNO/c1-6-3-4-7(2)10(6)8(11)5-9/h6-7H,3-5H2,1-2H3. The highest BCUT2D eigenvalue weighted by Gasteiger charge is 2.30. The molecule has 0 aliphatic carbocycles. The summed E-state index contributed by atoms with van der Waals surface area (Å²) in [7, 11) is 0. The minimum Gasteiger partial charge on any atom is -0.335 e. The molecule has 0 bridgehead atoms. The van der Waals surface area contributed by atoms with Crippen LogP contribution in [0.1, 0.15) is 26.7 Å². The van der Waals surface area contributed by atoms with Crippen molar-refractivity contribution in [2.24, 2.45) is 0 Å². The number of alkyl halides is 1. The van der Waals surface area contributed by atoms with E-state index in [1.807, 2.05) is 13.8 Å². The molecular formula is C8H14FNO. The van der Waals surface area contributed by atoms with E-state index in [2.05, 4.69) is 0 Å². The zero-order valence-corrected chi connectivity index (χ0v) is 7.01. The summed E-state index contributed by atoms with van der Waals surface area (Å²) in [5.74, 6) is -0.359. The molecule has 2 atom stereocenters. The number of halogens is 1. The second kappa shape index (κ2) is 3.20. The summed E-state index contributed by atoms with van der Waals surface area (Å²) in [6.45, 7) is 3.09. The third kappa shape index (κ3) is 1.52. The average molecular weight is 159 g/mol. The highest BCUT2D eigenvalue weighted by molar-refractivity contribution is 5.78. The van der Waals surface area contributed by atoms with E-state index in [1.54, 1.807) is 4.90 Å². The molecule has 2 nitrogen and oxygen atoms in total. The van der Waals surface area contributed by atoms with Crippen molar-refractivity contribution < 1.29 is 9.18 Å². The third-order valence-corrected chi connectivity index (χ3v) is 2.35. The lowest BCUT2D eigenvalue weighted by molar-refractivity contribution is -0.134. The Labute approximate surface area is 66.4 Å². The molecule has 0 aromatic rings. The molecular weight excluding hydrogens is 145 g/mol. The SMILES string of the molecule is CC1CCC(C)N1C(=O)CF. The first-order valence-corrected chi connectivity index (χ1v) is 4.04. The lowest BCUT2D eigenvalue weighted by atomic mass is 10.2. The van der Waals surface area contributed by atoms with Crippen molar-refractivity contribution in [3.8, 4) is 0 Å². The maximum atomic E-state index is 12.0. The first-order chi connectivity index (χ1) is 5.16. The summed E-state index contributed by atoms with van der Waals surface area (Å²) in [4.78, 5) is 12.6. The number of amides is 1. The van der Waals surface area contributed by atoms with E-state index in [0.717, 1.165) is 12.8 Å². The minimum atomic E-state index is -0.852. The van der Waals surface area contributed by atoms with Gasteiger partial charge in [-0.05, 0) is 26.7 Å². The summed E-state index contributed by atoms with van der Waals surface area (Å²) >= 11 is 0. The second-order valence-corrected chi connectivity index (χ2v) is 3.21. The molecule has 1 amide bonds. The van der Waals surface area contributed by atoms with E-state index in [0.29, 0.717) is 0 Å². The van der Waals surface area contributed by atoms with Gasteiger partial charge >= 0.3 is 0 Å². The topological polar surface area (TPSA) is 20.3 Å². The summed E-state index contributed by atoms with van der Waals surface area (Å²) in [5, 5.41) is 0. The summed E-state index contributed by atoms with van der Waals surface area (Å²) < 4.78 is 12.0. The van der Waals surface area contributed by atoms with Crippen molar-refractivity contribution in [1.29, 1.82) is 0 Å². The quantitative estimate of drug-likeness (QED) is 0.565. The molecule has 1 fully saturated rings. The number of carbonyl (C=O) groups is 1. The van der Waals surface area contributed by atoms with Gasteiger partial charge in [0.25, 0.3) is 5.91 Å². The molecule has 11 heavy (non-hydrogen) atoms. The van der Waals surface area contributed by atoms with Gasteiger partial charge in [0.15, 0.2) is 6.67 Å². The van der Waals surface area contributed by atoms with Crippen LogP contribution in [0, 0.1) is 0 Å². The van der Waals surface area contributed by atoms with Crippen LogP contribution in [0.5, 0.6) is 0 Å². The highest BCUT2D eigenvalue weighted by atomic mass is 19.1. The lowest BCUT2D eigenvalue weighted by Gasteiger charge is -2.24. The number of nitrogens with zero attached hydrogens (tertiary/aromatic N) is 1. The van der Waals surface area contributed by atoms with Gasteiger partial charge in [0.2, 0.25) is 0 Å². The maximum absolute atomic E-state index is 12.0. The zero-order valence-electron chi connectivity index (χ0n) is 7.01. The smallest absolute Gasteiger partial charge is 0.254 e. The maximum Gasteiger partial charge on any atom is 0.254 e. The molecule has 3 heteroatoms. The number of hydrogen-bond donors (Lipinski definition) is 0. The van der Waals surface area contributed by atoms with Gasteiger partial charge in [-0.25, -0.2) is 4.39 Å². The summed E-state index contributed by atoms with van der Waals surface area (Å²) in [5.41, 5.74) is 0. The number of carbonyl (C=O) groups excluding carboxylic acids is 1. The highest BCUT2D eigenvalue weighted by Crippen LogP contribution is 2.23. The van der Waals surface area contributed by atoms with Crippen LogP contribution in [0.4, 0.5) is 4.39 Å².